The van der Waals surface area contributed by atoms with Gasteiger partial charge in [-0.05, 0) is 69.8 Å². The van der Waals surface area contributed by atoms with E-state index in [0.29, 0.717) is 12.7 Å². The first-order valence-corrected chi connectivity index (χ1v) is 9.92. The van der Waals surface area contributed by atoms with Gasteiger partial charge in [-0.2, -0.15) is 8.78 Å². The molecule has 0 N–H and O–H groups in total. The fourth-order valence-electron chi connectivity index (χ4n) is 1.92. The molecule has 0 saturated heterocycles. The molecule has 0 atom stereocenters. The number of benzene rings is 2. The number of ether oxygens (including phenoxy) is 1. The third-order valence-electron chi connectivity index (χ3n) is 3.02. The van der Waals surface area contributed by atoms with Gasteiger partial charge in [0.15, 0.2) is 11.6 Å². The van der Waals surface area contributed by atoms with Crippen molar-refractivity contribution >= 4 is 61.3 Å². The van der Waals surface area contributed by atoms with Crippen LogP contribution >= 0.6 is 45.2 Å². The van der Waals surface area contributed by atoms with Gasteiger partial charge in [-0.25, -0.2) is 22.0 Å². The summed E-state index contributed by atoms with van der Waals surface area (Å²) in [6.45, 7) is 1.63. The monoisotopic (exact) mass is 615 g/mol. The van der Waals surface area contributed by atoms with E-state index >= 15 is 0 Å². The lowest BCUT2D eigenvalue weighted by Gasteiger charge is -2.14. The van der Waals surface area contributed by atoms with E-state index in [2.05, 4.69) is 4.74 Å². The Balaban J connectivity index is 2.60. The van der Waals surface area contributed by atoms with Crippen molar-refractivity contribution in [1.82, 2.24) is 0 Å². The van der Waals surface area contributed by atoms with E-state index in [1.54, 1.807) is 35.6 Å². The lowest BCUT2D eigenvalue weighted by Crippen LogP contribution is -2.17. The fourth-order valence-corrected chi connectivity index (χ4v) is 3.85. The molecule has 0 aliphatic carbocycles. The van der Waals surface area contributed by atoms with E-state index < -0.39 is 50.0 Å². The van der Waals surface area contributed by atoms with Crippen molar-refractivity contribution in [3.8, 4) is 5.75 Å². The molecule has 0 saturated carbocycles. The minimum Gasteiger partial charge on any atom is -0.744 e. The van der Waals surface area contributed by atoms with Gasteiger partial charge in [0.05, 0.1) is 5.56 Å². The molecule has 2 rings (SSSR count). The van der Waals surface area contributed by atoms with Crippen LogP contribution in [0, 0.1) is 37.3 Å². The van der Waals surface area contributed by atoms with Gasteiger partial charge in [0.2, 0.25) is 17.4 Å². The molecule has 2 aromatic carbocycles. The van der Waals surface area contributed by atoms with Crippen molar-refractivity contribution in [3.05, 3.63) is 53.7 Å². The van der Waals surface area contributed by atoms with Crippen molar-refractivity contribution in [3.63, 3.8) is 0 Å². The lowest BCUT2D eigenvalue weighted by atomic mass is 10.1. The third kappa shape index (κ3) is 3.96. The minimum atomic E-state index is -5.85. The van der Waals surface area contributed by atoms with E-state index in [1.165, 1.54) is 6.07 Å². The molecule has 0 unspecified atom stereocenters. The van der Waals surface area contributed by atoms with Crippen LogP contribution in [0.15, 0.2) is 17.0 Å². The van der Waals surface area contributed by atoms with Crippen molar-refractivity contribution in [2.75, 3.05) is 0 Å². The highest BCUT2D eigenvalue weighted by molar-refractivity contribution is 14.1. The van der Waals surface area contributed by atoms with Gasteiger partial charge in [0.25, 0.3) is 0 Å². The molecular formula is C14H5F4I2O5S-. The van der Waals surface area contributed by atoms with E-state index in [1.807, 2.05) is 22.6 Å². The van der Waals surface area contributed by atoms with Crippen LogP contribution in [0.25, 0.3) is 0 Å². The van der Waals surface area contributed by atoms with Crippen molar-refractivity contribution in [1.29, 1.82) is 0 Å². The van der Waals surface area contributed by atoms with Crippen LogP contribution in [0.4, 0.5) is 17.6 Å². The number of esters is 1. The summed E-state index contributed by atoms with van der Waals surface area (Å²) in [5.74, 6) is -12.7. The number of carbonyl (C=O) groups excluding carboxylic acids is 1. The molecule has 140 valence electrons. The van der Waals surface area contributed by atoms with Crippen LogP contribution < -0.4 is 4.74 Å². The molecule has 0 amide bonds. The highest BCUT2D eigenvalue weighted by Gasteiger charge is 2.31. The zero-order chi connectivity index (χ0) is 20.0. The first-order chi connectivity index (χ1) is 11.9. The summed E-state index contributed by atoms with van der Waals surface area (Å²) in [6, 6.07) is 3.03. The zero-order valence-electron chi connectivity index (χ0n) is 12.4. The maximum atomic E-state index is 13.9. The van der Waals surface area contributed by atoms with Gasteiger partial charge in [-0.1, -0.05) is 0 Å². The number of hydrogen-bond donors (Lipinski definition) is 0. The van der Waals surface area contributed by atoms with Gasteiger partial charge in [0.1, 0.15) is 15.0 Å². The summed E-state index contributed by atoms with van der Waals surface area (Å²) in [5, 5.41) is 0. The van der Waals surface area contributed by atoms with Crippen LogP contribution in [-0.2, 0) is 10.1 Å². The van der Waals surface area contributed by atoms with Crippen LogP contribution in [0.2, 0.25) is 0 Å². The average Bonchev–Trinajstić information content (AvgIpc) is 2.51. The Kier molecular flexibility index (Phi) is 6.19. The largest absolute Gasteiger partial charge is 0.744 e. The number of carbonyl (C=O) groups is 1. The molecule has 0 radical (unpaired) electrons. The van der Waals surface area contributed by atoms with Crippen molar-refractivity contribution < 1.29 is 40.1 Å². The molecule has 0 aromatic heterocycles. The number of hydrogen-bond acceptors (Lipinski definition) is 5. The second kappa shape index (κ2) is 7.55. The Labute approximate surface area is 171 Å². The third-order valence-corrected chi connectivity index (χ3v) is 6.92. The van der Waals surface area contributed by atoms with Gasteiger partial charge in [-0.15, -0.1) is 0 Å². The molecule has 26 heavy (non-hydrogen) atoms. The first kappa shape index (κ1) is 21.3. The lowest BCUT2D eigenvalue weighted by molar-refractivity contribution is 0.0715. The van der Waals surface area contributed by atoms with Crippen LogP contribution in [0.3, 0.4) is 0 Å². The number of aryl methyl sites for hydroxylation is 1. The summed E-state index contributed by atoms with van der Waals surface area (Å²) >= 11 is 3.65. The Morgan fingerprint density at radius 3 is 2.00 bits per heavy atom. The Hall–Kier alpha value is -1.00. The van der Waals surface area contributed by atoms with Crippen molar-refractivity contribution in [2.24, 2.45) is 0 Å². The fraction of sp³-hybridized carbons (Fsp3) is 0.0714. The quantitative estimate of drug-likeness (QED) is 0.131. The summed E-state index contributed by atoms with van der Waals surface area (Å²) < 4.78 is 92.9. The van der Waals surface area contributed by atoms with Crippen molar-refractivity contribution in [2.45, 2.75) is 11.8 Å². The number of halogens is 6. The average molecular weight is 615 g/mol. The Morgan fingerprint density at radius 2 is 1.54 bits per heavy atom. The van der Waals surface area contributed by atoms with Gasteiger partial charge in [-0.3, -0.25) is 0 Å². The Bertz CT molecular complexity index is 1010. The Morgan fingerprint density at radius 1 is 1.04 bits per heavy atom. The molecule has 0 spiro atoms. The SMILES string of the molecule is Cc1cc(I)c(I)c(C(=O)Oc2c(F)c(F)c(S(=O)(=O)[O-])c(F)c2F)c1. The van der Waals surface area contributed by atoms with E-state index in [9.17, 15) is 35.3 Å². The molecule has 0 bridgehead atoms. The van der Waals surface area contributed by atoms with Crippen LogP contribution in [-0.4, -0.2) is 18.9 Å². The van der Waals surface area contributed by atoms with Gasteiger partial charge >= 0.3 is 5.97 Å². The van der Waals surface area contributed by atoms with E-state index in [-0.39, 0.29) is 5.56 Å². The normalized spacial score (nSPS) is 11.5. The molecule has 0 fully saturated rings. The highest BCUT2D eigenvalue weighted by atomic mass is 127. The second-order valence-electron chi connectivity index (χ2n) is 4.87. The molecule has 2 aromatic rings. The predicted octanol–water partition coefficient (Wildman–Crippen LogP) is 3.88. The maximum Gasteiger partial charge on any atom is 0.344 e. The highest BCUT2D eigenvalue weighted by Crippen LogP contribution is 2.33. The standard InChI is InChI=1S/C14H6F4I2O5S/c1-4-2-5(11(20)6(19)3-4)14(21)25-12-7(15)9(17)13(26(22,23)24)10(18)8(12)16/h2-3H,1H3,(H,22,23,24)/p-1. The van der Waals surface area contributed by atoms with Gasteiger partial charge < -0.3 is 9.29 Å². The number of rotatable bonds is 3. The van der Waals surface area contributed by atoms with E-state index in [0.717, 1.165) is 0 Å². The summed E-state index contributed by atoms with van der Waals surface area (Å²) in [6.07, 6.45) is 0. The summed E-state index contributed by atoms with van der Waals surface area (Å²) in [7, 11) is -5.85. The molecular weight excluding hydrogens is 610 g/mol. The molecule has 0 heterocycles. The summed E-state index contributed by atoms with van der Waals surface area (Å²) in [5.41, 5.74) is 0.475. The topological polar surface area (TPSA) is 83.5 Å². The van der Waals surface area contributed by atoms with Crippen LogP contribution in [0.1, 0.15) is 15.9 Å². The minimum absolute atomic E-state index is 0.130. The van der Waals surface area contributed by atoms with Gasteiger partial charge in [0, 0.05) is 7.14 Å². The molecule has 0 aliphatic heterocycles. The first-order valence-electron chi connectivity index (χ1n) is 6.36. The smallest absolute Gasteiger partial charge is 0.344 e. The molecule has 0 aliphatic rings. The molecule has 12 heteroatoms. The summed E-state index contributed by atoms with van der Waals surface area (Å²) in [4.78, 5) is 9.83. The maximum absolute atomic E-state index is 13.9. The van der Waals surface area contributed by atoms with Crippen LogP contribution in [0.5, 0.6) is 5.75 Å². The zero-order valence-corrected chi connectivity index (χ0v) is 17.5. The van der Waals surface area contributed by atoms with E-state index in [4.69, 9.17) is 0 Å². The molecule has 5 nitrogen and oxygen atoms in total. The predicted molar refractivity (Wildman–Crippen MR) is 95.8 cm³/mol. The second-order valence-corrected chi connectivity index (χ2v) is 8.42.